The van der Waals surface area contributed by atoms with Crippen LogP contribution in [0.15, 0.2) is 24.3 Å². The monoisotopic (exact) mass is 327 g/mol. The zero-order valence-corrected chi connectivity index (χ0v) is 13.5. The first-order valence-corrected chi connectivity index (χ1v) is 8.46. The molecule has 1 aliphatic heterocycles. The van der Waals surface area contributed by atoms with Gasteiger partial charge in [-0.2, -0.15) is 13.2 Å². The number of rotatable bonds is 3. The van der Waals surface area contributed by atoms with Gasteiger partial charge in [-0.15, -0.1) is 0 Å². The Bertz CT molecular complexity index is 520. The summed E-state index contributed by atoms with van der Waals surface area (Å²) in [5.41, 5.74) is 1.55. The molecule has 0 N–H and O–H groups in total. The number of hydrogen-bond acceptors (Lipinski definition) is 2. The average molecular weight is 327 g/mol. The maximum absolute atomic E-state index is 12.5. The molecule has 1 aliphatic carbocycles. The Labute approximate surface area is 135 Å². The van der Waals surface area contributed by atoms with Gasteiger partial charge in [-0.3, -0.25) is 0 Å². The van der Waals surface area contributed by atoms with Crippen LogP contribution >= 0.6 is 0 Å². The molecular weight excluding hydrogens is 303 g/mol. The van der Waals surface area contributed by atoms with Crippen LogP contribution in [0.3, 0.4) is 0 Å². The normalized spacial score (nSPS) is 22.3. The number of ether oxygens (including phenoxy) is 1. The zero-order valence-electron chi connectivity index (χ0n) is 13.5. The van der Waals surface area contributed by atoms with Gasteiger partial charge in [0.1, 0.15) is 5.75 Å². The number of alkyl halides is 3. The van der Waals surface area contributed by atoms with Gasteiger partial charge >= 0.3 is 6.18 Å². The molecule has 23 heavy (non-hydrogen) atoms. The predicted octanol–water partition coefficient (Wildman–Crippen LogP) is 5.18. The average Bonchev–Trinajstić information content (AvgIpc) is 2.91. The van der Waals surface area contributed by atoms with Gasteiger partial charge in [0.25, 0.3) is 0 Å². The first-order valence-electron chi connectivity index (χ1n) is 8.46. The highest BCUT2D eigenvalue weighted by molar-refractivity contribution is 5.50. The van der Waals surface area contributed by atoms with E-state index in [4.69, 9.17) is 4.74 Å². The van der Waals surface area contributed by atoms with Crippen LogP contribution in [-0.2, 0) is 0 Å². The fourth-order valence-corrected chi connectivity index (χ4v) is 3.87. The second kappa shape index (κ2) is 6.25. The third-order valence-electron chi connectivity index (χ3n) is 5.33. The van der Waals surface area contributed by atoms with E-state index in [2.05, 4.69) is 4.90 Å². The van der Waals surface area contributed by atoms with Crippen LogP contribution in [0, 0.1) is 5.41 Å². The molecule has 0 radical (unpaired) electrons. The van der Waals surface area contributed by atoms with Crippen LogP contribution in [0.5, 0.6) is 5.75 Å². The van der Waals surface area contributed by atoms with E-state index < -0.39 is 12.3 Å². The van der Waals surface area contributed by atoms with Gasteiger partial charge in [0, 0.05) is 18.8 Å². The van der Waals surface area contributed by atoms with Gasteiger partial charge in [-0.05, 0) is 55.9 Å². The lowest BCUT2D eigenvalue weighted by Gasteiger charge is -2.33. The molecule has 0 unspecified atom stereocenters. The number of halogens is 3. The fourth-order valence-electron chi connectivity index (χ4n) is 3.87. The van der Waals surface area contributed by atoms with Gasteiger partial charge in [0.15, 0.2) is 6.10 Å². The van der Waals surface area contributed by atoms with Crippen molar-refractivity contribution in [3.05, 3.63) is 24.3 Å². The van der Waals surface area contributed by atoms with Gasteiger partial charge in [0.2, 0.25) is 0 Å². The number of nitrogens with zero attached hydrogens (tertiary/aromatic N) is 1. The lowest BCUT2D eigenvalue weighted by atomic mass is 9.73. The lowest BCUT2D eigenvalue weighted by Crippen LogP contribution is -2.31. The minimum atomic E-state index is -4.33. The Morgan fingerprint density at radius 3 is 2.30 bits per heavy atom. The van der Waals surface area contributed by atoms with Crippen LogP contribution < -0.4 is 9.64 Å². The van der Waals surface area contributed by atoms with E-state index in [-0.39, 0.29) is 5.75 Å². The largest absolute Gasteiger partial charge is 0.481 e. The summed E-state index contributed by atoms with van der Waals surface area (Å²) >= 11 is 0. The second-order valence-electron chi connectivity index (χ2n) is 7.03. The summed E-state index contributed by atoms with van der Waals surface area (Å²) in [4.78, 5) is 2.36. The van der Waals surface area contributed by atoms with E-state index in [1.54, 1.807) is 12.1 Å². The number of hydrogen-bond donors (Lipinski definition) is 0. The lowest BCUT2D eigenvalue weighted by molar-refractivity contribution is -0.189. The molecule has 0 aromatic heterocycles. The van der Waals surface area contributed by atoms with Crippen molar-refractivity contribution in [3.63, 3.8) is 0 Å². The molecule has 0 amide bonds. The maximum Gasteiger partial charge on any atom is 0.425 e. The van der Waals surface area contributed by atoms with Crippen molar-refractivity contribution in [1.29, 1.82) is 0 Å². The molecule has 2 fully saturated rings. The molecule has 1 aromatic carbocycles. The molecule has 1 atom stereocenters. The van der Waals surface area contributed by atoms with Crippen molar-refractivity contribution in [3.8, 4) is 5.75 Å². The number of anilines is 1. The Kier molecular flexibility index (Phi) is 4.47. The first kappa shape index (κ1) is 16.5. The maximum atomic E-state index is 12.5. The summed E-state index contributed by atoms with van der Waals surface area (Å²) in [7, 11) is 0. The molecule has 1 saturated heterocycles. The van der Waals surface area contributed by atoms with Crippen molar-refractivity contribution < 1.29 is 17.9 Å². The van der Waals surface area contributed by atoms with Crippen molar-refractivity contribution in [1.82, 2.24) is 0 Å². The minimum absolute atomic E-state index is 0.269. The Hall–Kier alpha value is -1.39. The van der Waals surface area contributed by atoms with Crippen molar-refractivity contribution in [2.24, 2.45) is 5.41 Å². The van der Waals surface area contributed by atoms with Crippen LogP contribution in [0.1, 0.15) is 45.4 Å². The predicted molar refractivity (Wildman–Crippen MR) is 84.9 cm³/mol. The fraction of sp³-hybridized carbons (Fsp3) is 0.667. The second-order valence-corrected chi connectivity index (χ2v) is 7.03. The third-order valence-corrected chi connectivity index (χ3v) is 5.33. The highest BCUT2D eigenvalue weighted by atomic mass is 19.4. The molecule has 1 spiro atoms. The van der Waals surface area contributed by atoms with E-state index in [1.807, 2.05) is 12.1 Å². The number of benzene rings is 1. The molecule has 1 saturated carbocycles. The molecule has 2 nitrogen and oxygen atoms in total. The molecule has 5 heteroatoms. The molecule has 128 valence electrons. The summed E-state index contributed by atoms with van der Waals surface area (Å²) in [5.74, 6) is 0.269. The van der Waals surface area contributed by atoms with Crippen molar-refractivity contribution in [2.75, 3.05) is 18.0 Å². The highest BCUT2D eigenvalue weighted by Gasteiger charge is 2.39. The van der Waals surface area contributed by atoms with Gasteiger partial charge in [-0.25, -0.2) is 0 Å². The highest BCUT2D eigenvalue weighted by Crippen LogP contribution is 2.44. The van der Waals surface area contributed by atoms with Crippen molar-refractivity contribution in [2.45, 2.75) is 57.7 Å². The molecular formula is C18H24F3NO. The molecule has 1 aromatic rings. The van der Waals surface area contributed by atoms with Crippen LogP contribution in [0.4, 0.5) is 18.9 Å². The zero-order chi connectivity index (χ0) is 16.5. The van der Waals surface area contributed by atoms with Crippen LogP contribution in [0.2, 0.25) is 0 Å². The quantitative estimate of drug-likeness (QED) is 0.759. The SMILES string of the molecule is C[C@H](Oc1ccc(N2CCC3(CCCCC3)C2)cc1)C(F)(F)F. The van der Waals surface area contributed by atoms with E-state index in [9.17, 15) is 13.2 Å². The molecule has 3 rings (SSSR count). The molecule has 0 bridgehead atoms. The van der Waals surface area contributed by atoms with Gasteiger partial charge in [-0.1, -0.05) is 19.3 Å². The van der Waals surface area contributed by atoms with Crippen LogP contribution in [0.25, 0.3) is 0 Å². The Morgan fingerprint density at radius 2 is 1.70 bits per heavy atom. The Balaban J connectivity index is 1.62. The topological polar surface area (TPSA) is 12.5 Å². The summed E-state index contributed by atoms with van der Waals surface area (Å²) in [6.07, 6.45) is 1.75. The smallest absolute Gasteiger partial charge is 0.425 e. The van der Waals surface area contributed by atoms with Crippen molar-refractivity contribution >= 4 is 5.69 Å². The van der Waals surface area contributed by atoms with Crippen LogP contribution in [-0.4, -0.2) is 25.4 Å². The minimum Gasteiger partial charge on any atom is -0.481 e. The van der Waals surface area contributed by atoms with Gasteiger partial charge in [0.05, 0.1) is 0 Å². The summed E-state index contributed by atoms with van der Waals surface area (Å²) in [5, 5.41) is 0. The summed E-state index contributed by atoms with van der Waals surface area (Å²) in [6.45, 7) is 3.15. The summed E-state index contributed by atoms with van der Waals surface area (Å²) < 4.78 is 42.5. The molecule has 2 aliphatic rings. The van der Waals surface area contributed by atoms with Gasteiger partial charge < -0.3 is 9.64 Å². The third kappa shape index (κ3) is 3.75. The van der Waals surface area contributed by atoms with E-state index >= 15 is 0 Å². The molecule has 1 heterocycles. The summed E-state index contributed by atoms with van der Waals surface area (Å²) in [6, 6.07) is 7.04. The first-order chi connectivity index (χ1) is 10.9. The standard InChI is InChI=1S/C18H24F3NO/c1-14(18(19,20)21)23-16-7-5-15(6-8-16)22-12-11-17(13-22)9-3-2-4-10-17/h5-8,14H,2-4,9-13H2,1H3/t14-/m0/s1. The van der Waals surface area contributed by atoms with E-state index in [0.717, 1.165) is 25.7 Å². The van der Waals surface area contributed by atoms with E-state index in [0.29, 0.717) is 5.41 Å². The van der Waals surface area contributed by atoms with E-state index in [1.165, 1.54) is 38.5 Å². The Morgan fingerprint density at radius 1 is 1.04 bits per heavy atom.